The van der Waals surface area contributed by atoms with E-state index in [9.17, 15) is 14.4 Å². The summed E-state index contributed by atoms with van der Waals surface area (Å²) in [6.45, 7) is 1.83. The molecule has 1 aliphatic carbocycles. The van der Waals surface area contributed by atoms with Crippen LogP contribution >= 0.6 is 11.8 Å². The Kier molecular flexibility index (Phi) is 7.18. The highest BCUT2D eigenvalue weighted by Crippen LogP contribution is 2.31. The molecule has 5 rings (SSSR count). The Morgan fingerprint density at radius 1 is 1.03 bits per heavy atom. The number of nitrogens with zero attached hydrogens (tertiary/aromatic N) is 2. The van der Waals surface area contributed by atoms with Crippen LogP contribution < -0.4 is 10.6 Å². The molecule has 2 aromatic rings. The number of likely N-dealkylation sites (tertiary alicyclic amines) is 1. The lowest BCUT2D eigenvalue weighted by Crippen LogP contribution is -2.33. The lowest BCUT2D eigenvalue weighted by atomic mass is 9.87. The third kappa shape index (κ3) is 5.59. The predicted octanol–water partition coefficient (Wildman–Crippen LogP) is 4.31. The number of aliphatic imine (C=N–C) groups is 1. The average molecular weight is 491 g/mol. The predicted molar refractivity (Wildman–Crippen MR) is 139 cm³/mol. The second-order valence-electron chi connectivity index (χ2n) is 9.34. The minimum absolute atomic E-state index is 0.00907. The van der Waals surface area contributed by atoms with E-state index in [4.69, 9.17) is 0 Å². The Balaban J connectivity index is 1.17. The largest absolute Gasteiger partial charge is 0.351 e. The van der Waals surface area contributed by atoms with Crippen molar-refractivity contribution < 1.29 is 14.4 Å². The number of fused-ring (bicyclic) bond motifs is 1. The first-order valence-corrected chi connectivity index (χ1v) is 13.3. The highest BCUT2D eigenvalue weighted by atomic mass is 32.2. The van der Waals surface area contributed by atoms with Crippen molar-refractivity contribution in [2.24, 2.45) is 4.99 Å². The number of benzene rings is 2. The molecule has 0 bridgehead atoms. The zero-order valence-corrected chi connectivity index (χ0v) is 20.5. The summed E-state index contributed by atoms with van der Waals surface area (Å²) in [5, 5.41) is 6.25. The minimum atomic E-state index is -0.496. The number of thioether (sulfide) groups is 1. The van der Waals surface area contributed by atoms with Gasteiger partial charge in [0, 0.05) is 30.8 Å². The summed E-state index contributed by atoms with van der Waals surface area (Å²) in [6, 6.07) is 15.2. The van der Waals surface area contributed by atoms with E-state index >= 15 is 0 Å². The molecule has 2 aliphatic heterocycles. The number of carbonyl (C=O) groups excluding carboxylic acids is 3. The molecule has 35 heavy (non-hydrogen) atoms. The van der Waals surface area contributed by atoms with Gasteiger partial charge >= 0.3 is 0 Å². The van der Waals surface area contributed by atoms with Gasteiger partial charge in [-0.2, -0.15) is 4.99 Å². The lowest BCUT2D eigenvalue weighted by Gasteiger charge is -2.27. The fraction of sp³-hybridized carbons (Fsp3) is 0.407. The summed E-state index contributed by atoms with van der Waals surface area (Å²) in [4.78, 5) is 44.4. The molecule has 0 radical (unpaired) electrons. The second-order valence-corrected chi connectivity index (χ2v) is 10.5. The van der Waals surface area contributed by atoms with E-state index in [2.05, 4.69) is 32.7 Å². The molecule has 2 N–H and O–H groups in total. The number of hydrogen-bond donors (Lipinski definition) is 2. The number of amidine groups is 1. The molecule has 8 heteroatoms. The maximum Gasteiger partial charge on any atom is 0.262 e. The van der Waals surface area contributed by atoms with Gasteiger partial charge in [0.1, 0.15) is 5.25 Å². The van der Waals surface area contributed by atoms with Crippen LogP contribution in [0, 0.1) is 0 Å². The van der Waals surface area contributed by atoms with Crippen molar-refractivity contribution in [1.29, 1.82) is 0 Å². The van der Waals surface area contributed by atoms with Gasteiger partial charge in [-0.3, -0.25) is 14.4 Å². The molecule has 7 nitrogen and oxygen atoms in total. The summed E-state index contributed by atoms with van der Waals surface area (Å²) >= 11 is 1.39. The van der Waals surface area contributed by atoms with Crippen molar-refractivity contribution in [3.63, 3.8) is 0 Å². The normalized spacial score (nSPS) is 21.8. The van der Waals surface area contributed by atoms with Crippen LogP contribution in [0.2, 0.25) is 0 Å². The van der Waals surface area contributed by atoms with Crippen molar-refractivity contribution >= 4 is 40.3 Å². The number of nitrogens with one attached hydrogen (secondary N) is 2. The van der Waals surface area contributed by atoms with Crippen LogP contribution in [0.3, 0.4) is 0 Å². The monoisotopic (exact) mass is 490 g/mol. The highest BCUT2D eigenvalue weighted by molar-refractivity contribution is 8.15. The number of carbonyl (C=O) groups is 3. The smallest absolute Gasteiger partial charge is 0.262 e. The van der Waals surface area contributed by atoms with Crippen LogP contribution in [0.25, 0.3) is 0 Å². The first-order valence-electron chi connectivity index (χ1n) is 12.4. The van der Waals surface area contributed by atoms with Crippen molar-refractivity contribution in [3.8, 4) is 0 Å². The van der Waals surface area contributed by atoms with Crippen LogP contribution in [0.1, 0.15) is 66.1 Å². The number of amides is 3. The van der Waals surface area contributed by atoms with Gasteiger partial charge in [0.05, 0.1) is 6.04 Å². The Hall–Kier alpha value is -3.13. The maximum atomic E-state index is 13.0. The molecule has 0 unspecified atom stereocenters. The molecule has 2 heterocycles. The molecule has 0 saturated carbocycles. The summed E-state index contributed by atoms with van der Waals surface area (Å²) in [6.07, 6.45) is 6.47. The first kappa shape index (κ1) is 23.6. The molecule has 2 aromatic carbocycles. The molecule has 2 atom stereocenters. The quantitative estimate of drug-likeness (QED) is 0.652. The number of anilines is 1. The molecule has 3 amide bonds. The number of aryl methyl sites for hydroxylation is 1. The van der Waals surface area contributed by atoms with Gasteiger partial charge in [0.15, 0.2) is 5.17 Å². The molecule has 1 saturated heterocycles. The molecule has 0 spiro atoms. The summed E-state index contributed by atoms with van der Waals surface area (Å²) in [5.41, 5.74) is 3.51. The number of rotatable bonds is 5. The van der Waals surface area contributed by atoms with Gasteiger partial charge in [0.25, 0.3) is 11.8 Å². The van der Waals surface area contributed by atoms with E-state index in [-0.39, 0.29) is 30.2 Å². The summed E-state index contributed by atoms with van der Waals surface area (Å²) < 4.78 is 0. The zero-order chi connectivity index (χ0) is 24.2. The molecule has 0 aromatic heterocycles. The Bertz CT molecular complexity index is 1160. The maximum absolute atomic E-state index is 13.0. The summed E-state index contributed by atoms with van der Waals surface area (Å²) in [7, 11) is 0. The van der Waals surface area contributed by atoms with Crippen molar-refractivity contribution in [1.82, 2.24) is 10.2 Å². The van der Waals surface area contributed by atoms with Gasteiger partial charge in [-0.25, -0.2) is 0 Å². The Labute approximate surface area is 209 Å². The summed E-state index contributed by atoms with van der Waals surface area (Å²) in [5.74, 6) is -0.666. The molecule has 182 valence electrons. The third-order valence-corrected chi connectivity index (χ3v) is 8.02. The van der Waals surface area contributed by atoms with E-state index in [1.807, 2.05) is 12.1 Å². The molecule has 3 aliphatic rings. The molecule has 1 fully saturated rings. The van der Waals surface area contributed by atoms with Crippen LogP contribution in [0.15, 0.2) is 53.5 Å². The molecular weight excluding hydrogens is 460 g/mol. The Morgan fingerprint density at radius 2 is 1.86 bits per heavy atom. The number of piperidine rings is 1. The number of hydrogen-bond acceptors (Lipinski definition) is 5. The topological polar surface area (TPSA) is 90.9 Å². The van der Waals surface area contributed by atoms with E-state index in [1.54, 1.807) is 24.3 Å². The van der Waals surface area contributed by atoms with Crippen LogP contribution in [0.4, 0.5) is 5.69 Å². The van der Waals surface area contributed by atoms with E-state index in [1.165, 1.54) is 29.3 Å². The van der Waals surface area contributed by atoms with E-state index in [0.29, 0.717) is 11.3 Å². The van der Waals surface area contributed by atoms with Crippen molar-refractivity contribution in [2.45, 2.75) is 56.2 Å². The second kappa shape index (κ2) is 10.6. The third-order valence-electron chi connectivity index (χ3n) is 6.81. The Morgan fingerprint density at radius 3 is 2.71 bits per heavy atom. The van der Waals surface area contributed by atoms with Crippen LogP contribution in [0.5, 0.6) is 0 Å². The van der Waals surface area contributed by atoms with Gasteiger partial charge in [-0.05, 0) is 67.9 Å². The van der Waals surface area contributed by atoms with Gasteiger partial charge in [-0.15, -0.1) is 0 Å². The van der Waals surface area contributed by atoms with Crippen LogP contribution in [-0.4, -0.2) is 46.1 Å². The van der Waals surface area contributed by atoms with Gasteiger partial charge < -0.3 is 15.5 Å². The van der Waals surface area contributed by atoms with Crippen molar-refractivity contribution in [2.75, 3.05) is 18.4 Å². The van der Waals surface area contributed by atoms with Crippen molar-refractivity contribution in [3.05, 3.63) is 65.2 Å². The minimum Gasteiger partial charge on any atom is -0.351 e. The zero-order valence-electron chi connectivity index (χ0n) is 19.7. The van der Waals surface area contributed by atoms with Gasteiger partial charge in [-0.1, -0.05) is 42.1 Å². The standard InChI is InChI=1S/C27H30N4O3S/c32-24(17-23-26(34)30-27(35-23)31-14-4-1-5-15-31)28-20-11-6-10-19(16-20)25(33)29-22-13-7-9-18-8-2-3-12-21(18)22/h2-3,6,8,10-12,16,22-23H,1,4-5,7,9,13-15,17H2,(H,28,32)(H,29,33)/t22-,23-/m0/s1. The fourth-order valence-corrected chi connectivity index (χ4v) is 6.11. The molecular formula is C27H30N4O3S. The average Bonchev–Trinajstić information content (AvgIpc) is 3.24. The van der Waals surface area contributed by atoms with Crippen LogP contribution in [-0.2, 0) is 16.0 Å². The SMILES string of the molecule is O=C(C[C@@H]1SC(N2CCCCC2)=NC1=O)Nc1cccc(C(=O)N[C@H]2CCCc3ccccc32)c1. The highest BCUT2D eigenvalue weighted by Gasteiger charge is 2.33. The first-order chi connectivity index (χ1) is 17.1. The fourth-order valence-electron chi connectivity index (χ4n) is 4.99. The van der Waals surface area contributed by atoms with E-state index in [0.717, 1.165) is 50.4 Å². The lowest BCUT2D eigenvalue weighted by molar-refractivity contribution is -0.121. The van der Waals surface area contributed by atoms with E-state index < -0.39 is 5.25 Å². The van der Waals surface area contributed by atoms with Gasteiger partial charge in [0.2, 0.25) is 5.91 Å².